The molecule has 0 amide bonds. The van der Waals surface area contributed by atoms with Crippen molar-refractivity contribution in [1.82, 2.24) is 10.6 Å². The van der Waals surface area contributed by atoms with Crippen LogP contribution in [0.1, 0.15) is 11.6 Å². The van der Waals surface area contributed by atoms with Crippen LogP contribution in [0.15, 0.2) is 18.2 Å². The smallest absolute Gasteiger partial charge is 0.131 e. The minimum Gasteiger partial charge on any atom is -0.508 e. The number of phenols is 1. The molecule has 0 aliphatic carbocycles. The van der Waals surface area contributed by atoms with Crippen LogP contribution in [0.5, 0.6) is 5.75 Å². The number of piperazine rings is 1. The fraction of sp³-hybridized carbons (Fsp3) is 0.400. The van der Waals surface area contributed by atoms with Gasteiger partial charge in [0.25, 0.3) is 0 Å². The highest BCUT2D eigenvalue weighted by Crippen LogP contribution is 2.26. The van der Waals surface area contributed by atoms with E-state index in [-0.39, 0.29) is 17.6 Å². The van der Waals surface area contributed by atoms with E-state index < -0.39 is 0 Å². The zero-order chi connectivity index (χ0) is 9.97. The predicted molar refractivity (Wildman–Crippen MR) is 51.7 cm³/mol. The second-order valence-electron chi connectivity index (χ2n) is 3.38. The van der Waals surface area contributed by atoms with Crippen LogP contribution < -0.4 is 10.6 Å². The van der Waals surface area contributed by atoms with Gasteiger partial charge in [-0.3, -0.25) is 0 Å². The van der Waals surface area contributed by atoms with Crippen molar-refractivity contribution in [3.63, 3.8) is 0 Å². The average Bonchev–Trinajstić information content (AvgIpc) is 2.19. The highest BCUT2D eigenvalue weighted by molar-refractivity contribution is 5.36. The van der Waals surface area contributed by atoms with Gasteiger partial charge in [-0.2, -0.15) is 0 Å². The van der Waals surface area contributed by atoms with Crippen LogP contribution in [0, 0.1) is 5.82 Å². The van der Waals surface area contributed by atoms with Crippen molar-refractivity contribution in [1.29, 1.82) is 0 Å². The zero-order valence-electron chi connectivity index (χ0n) is 7.76. The first-order chi connectivity index (χ1) is 6.79. The minimum absolute atomic E-state index is 0.0196. The first-order valence-corrected chi connectivity index (χ1v) is 4.70. The lowest BCUT2D eigenvalue weighted by Gasteiger charge is -2.25. The maximum absolute atomic E-state index is 13.4. The van der Waals surface area contributed by atoms with Crippen LogP contribution in [-0.2, 0) is 0 Å². The molecule has 1 aromatic rings. The molecule has 0 radical (unpaired) electrons. The van der Waals surface area contributed by atoms with Crippen molar-refractivity contribution < 1.29 is 9.50 Å². The van der Waals surface area contributed by atoms with Gasteiger partial charge in [0.15, 0.2) is 0 Å². The van der Waals surface area contributed by atoms with Crippen molar-refractivity contribution in [3.8, 4) is 5.75 Å². The van der Waals surface area contributed by atoms with Gasteiger partial charge in [0.05, 0.1) is 6.04 Å². The summed E-state index contributed by atoms with van der Waals surface area (Å²) in [6.45, 7) is 2.32. The molecule has 2 rings (SSSR count). The van der Waals surface area contributed by atoms with E-state index in [1.807, 2.05) is 0 Å². The lowest BCUT2D eigenvalue weighted by atomic mass is 10.0. The molecule has 0 saturated carbocycles. The van der Waals surface area contributed by atoms with Crippen LogP contribution in [0.4, 0.5) is 4.39 Å². The van der Waals surface area contributed by atoms with E-state index in [0.717, 1.165) is 13.1 Å². The Hall–Kier alpha value is -1.13. The quantitative estimate of drug-likeness (QED) is 0.621. The van der Waals surface area contributed by atoms with E-state index in [1.165, 1.54) is 18.2 Å². The Labute approximate surface area is 81.9 Å². The number of nitrogens with one attached hydrogen (secondary N) is 2. The number of rotatable bonds is 1. The summed E-state index contributed by atoms with van der Waals surface area (Å²) in [6, 6.07) is 4.25. The number of halogens is 1. The van der Waals surface area contributed by atoms with E-state index in [4.69, 9.17) is 0 Å². The van der Waals surface area contributed by atoms with Crippen molar-refractivity contribution in [3.05, 3.63) is 29.6 Å². The molecule has 0 unspecified atom stereocenters. The molecule has 0 aromatic heterocycles. The summed E-state index contributed by atoms with van der Waals surface area (Å²) in [4.78, 5) is 0. The third-order valence-corrected chi connectivity index (χ3v) is 2.42. The molecular formula is C10H13FN2O. The largest absolute Gasteiger partial charge is 0.508 e. The highest BCUT2D eigenvalue weighted by Gasteiger charge is 2.20. The minimum atomic E-state index is -0.355. The van der Waals surface area contributed by atoms with Gasteiger partial charge < -0.3 is 15.7 Å². The Balaban J connectivity index is 2.29. The molecular weight excluding hydrogens is 183 g/mol. The molecule has 1 atom stereocenters. The topological polar surface area (TPSA) is 44.3 Å². The van der Waals surface area contributed by atoms with Crippen molar-refractivity contribution in [2.24, 2.45) is 0 Å². The van der Waals surface area contributed by atoms with E-state index in [1.54, 1.807) is 0 Å². The SMILES string of the molecule is Oc1cccc(F)c1[C@H]1CNCCN1. The second-order valence-corrected chi connectivity index (χ2v) is 3.38. The van der Waals surface area contributed by atoms with Gasteiger partial charge in [0.2, 0.25) is 0 Å². The van der Waals surface area contributed by atoms with Gasteiger partial charge >= 0.3 is 0 Å². The fourth-order valence-corrected chi connectivity index (χ4v) is 1.73. The first kappa shape index (κ1) is 9.43. The van der Waals surface area contributed by atoms with Gasteiger partial charge in [0, 0.05) is 25.2 Å². The van der Waals surface area contributed by atoms with Gasteiger partial charge in [-0.25, -0.2) is 4.39 Å². The molecule has 1 heterocycles. The summed E-state index contributed by atoms with van der Waals surface area (Å²) in [5.41, 5.74) is 0.361. The Morgan fingerprint density at radius 3 is 2.86 bits per heavy atom. The van der Waals surface area contributed by atoms with Gasteiger partial charge in [-0.1, -0.05) is 6.07 Å². The van der Waals surface area contributed by atoms with Crippen LogP contribution in [0.2, 0.25) is 0 Å². The normalized spacial score (nSPS) is 22.2. The van der Waals surface area contributed by atoms with Crippen LogP contribution in [0.25, 0.3) is 0 Å². The number of phenolic OH excluding ortho intramolecular Hbond substituents is 1. The predicted octanol–water partition coefficient (Wildman–Crippen LogP) is 0.765. The number of hydrogen-bond donors (Lipinski definition) is 3. The fourth-order valence-electron chi connectivity index (χ4n) is 1.73. The van der Waals surface area contributed by atoms with Crippen LogP contribution >= 0.6 is 0 Å². The molecule has 14 heavy (non-hydrogen) atoms. The van der Waals surface area contributed by atoms with Crippen LogP contribution in [-0.4, -0.2) is 24.7 Å². The molecule has 0 bridgehead atoms. The molecule has 1 saturated heterocycles. The maximum atomic E-state index is 13.4. The molecule has 1 fully saturated rings. The standard InChI is InChI=1S/C10H13FN2O/c11-7-2-1-3-9(14)10(7)8-6-12-4-5-13-8/h1-3,8,12-14H,4-6H2/t8-/m1/s1. The molecule has 4 heteroatoms. The third kappa shape index (κ3) is 1.71. The number of aromatic hydroxyl groups is 1. The van der Waals surface area contributed by atoms with Crippen molar-refractivity contribution >= 4 is 0 Å². The van der Waals surface area contributed by atoms with Crippen molar-refractivity contribution in [2.75, 3.05) is 19.6 Å². The Bertz CT molecular complexity index is 304. The molecule has 76 valence electrons. The molecule has 1 aliphatic heterocycles. The molecule has 3 N–H and O–H groups in total. The van der Waals surface area contributed by atoms with E-state index in [0.29, 0.717) is 12.1 Å². The maximum Gasteiger partial charge on any atom is 0.131 e. The summed E-state index contributed by atoms with van der Waals surface area (Å²) >= 11 is 0. The zero-order valence-corrected chi connectivity index (χ0v) is 7.76. The van der Waals surface area contributed by atoms with Gasteiger partial charge in [-0.15, -0.1) is 0 Å². The highest BCUT2D eigenvalue weighted by atomic mass is 19.1. The number of hydrogen-bond acceptors (Lipinski definition) is 3. The summed E-state index contributed by atoms with van der Waals surface area (Å²) in [5, 5.41) is 15.8. The first-order valence-electron chi connectivity index (χ1n) is 4.70. The lowest BCUT2D eigenvalue weighted by Crippen LogP contribution is -2.42. The number of benzene rings is 1. The van der Waals surface area contributed by atoms with E-state index in [2.05, 4.69) is 10.6 Å². The molecule has 1 aromatic carbocycles. The third-order valence-electron chi connectivity index (χ3n) is 2.42. The summed E-state index contributed by atoms with van der Waals surface area (Å²) in [7, 11) is 0. The molecule has 0 spiro atoms. The van der Waals surface area contributed by atoms with Gasteiger partial charge in [0.1, 0.15) is 11.6 Å². The van der Waals surface area contributed by atoms with Crippen LogP contribution in [0.3, 0.4) is 0 Å². The Morgan fingerprint density at radius 1 is 1.36 bits per heavy atom. The molecule has 3 nitrogen and oxygen atoms in total. The monoisotopic (exact) mass is 196 g/mol. The summed E-state index contributed by atoms with van der Waals surface area (Å²) in [5.74, 6) is -0.336. The summed E-state index contributed by atoms with van der Waals surface area (Å²) in [6.07, 6.45) is 0. The van der Waals surface area contributed by atoms with E-state index in [9.17, 15) is 9.50 Å². The summed E-state index contributed by atoms with van der Waals surface area (Å²) < 4.78 is 13.4. The van der Waals surface area contributed by atoms with Crippen molar-refractivity contribution in [2.45, 2.75) is 6.04 Å². The van der Waals surface area contributed by atoms with E-state index >= 15 is 0 Å². The Morgan fingerprint density at radius 2 is 2.21 bits per heavy atom. The lowest BCUT2D eigenvalue weighted by molar-refractivity contribution is 0.390. The second kappa shape index (κ2) is 3.94. The Kier molecular flexibility index (Phi) is 2.65. The van der Waals surface area contributed by atoms with Gasteiger partial charge in [-0.05, 0) is 12.1 Å². The molecule has 1 aliphatic rings. The average molecular weight is 196 g/mol.